The molecule has 0 unspecified atom stereocenters. The van der Waals surface area contributed by atoms with Gasteiger partial charge >= 0.3 is 5.97 Å². The van der Waals surface area contributed by atoms with Gasteiger partial charge in [0.1, 0.15) is 6.04 Å². The van der Waals surface area contributed by atoms with Crippen LogP contribution in [0, 0.1) is 5.92 Å². The van der Waals surface area contributed by atoms with E-state index in [0.717, 1.165) is 11.1 Å². The van der Waals surface area contributed by atoms with Gasteiger partial charge in [0.25, 0.3) is 5.91 Å². The number of hydrogen-bond acceptors (Lipinski definition) is 4. The van der Waals surface area contributed by atoms with Crippen molar-refractivity contribution >= 4 is 17.8 Å². The van der Waals surface area contributed by atoms with E-state index in [9.17, 15) is 14.4 Å². The average Bonchev–Trinajstić information content (AvgIpc) is 2.66. The fraction of sp³-hybridized carbons (Fsp3) is 0.286. The molecule has 0 saturated heterocycles. The molecule has 0 aliphatic carbocycles. The first-order valence-corrected chi connectivity index (χ1v) is 8.83. The van der Waals surface area contributed by atoms with Gasteiger partial charge in [-0.15, -0.1) is 0 Å². The van der Waals surface area contributed by atoms with Crippen molar-refractivity contribution in [3.05, 3.63) is 60.2 Å². The lowest BCUT2D eigenvalue weighted by Crippen LogP contribution is -2.49. The van der Waals surface area contributed by atoms with Gasteiger partial charge in [0.15, 0.2) is 0 Å². The van der Waals surface area contributed by atoms with Gasteiger partial charge in [0, 0.05) is 5.56 Å². The Morgan fingerprint density at radius 3 is 2.15 bits per heavy atom. The van der Waals surface area contributed by atoms with Crippen LogP contribution >= 0.6 is 0 Å². The third-order valence-corrected chi connectivity index (χ3v) is 4.21. The van der Waals surface area contributed by atoms with Crippen LogP contribution in [0.5, 0.6) is 0 Å². The van der Waals surface area contributed by atoms with Crippen LogP contribution in [-0.4, -0.2) is 30.4 Å². The molecule has 2 amide bonds. The van der Waals surface area contributed by atoms with E-state index in [1.807, 2.05) is 42.5 Å². The molecular weight excluding hydrogens is 344 g/mol. The van der Waals surface area contributed by atoms with Crippen molar-refractivity contribution in [3.8, 4) is 11.1 Å². The minimum atomic E-state index is -0.962. The van der Waals surface area contributed by atoms with Crippen molar-refractivity contribution < 1.29 is 19.1 Å². The van der Waals surface area contributed by atoms with Crippen LogP contribution in [0.2, 0.25) is 0 Å². The number of rotatable bonds is 8. The van der Waals surface area contributed by atoms with Gasteiger partial charge in [0.2, 0.25) is 5.91 Å². The molecular formula is C21H24N2O4. The van der Waals surface area contributed by atoms with Crippen molar-refractivity contribution in [3.63, 3.8) is 0 Å². The van der Waals surface area contributed by atoms with Gasteiger partial charge in [-0.1, -0.05) is 49.4 Å². The SMILES string of the molecule is CCOC(=O)C[C@H](C)[C@H](NC(=O)c1ccc(-c2ccccc2)cc1)C(N)=O. The summed E-state index contributed by atoms with van der Waals surface area (Å²) in [7, 11) is 0. The predicted molar refractivity (Wildman–Crippen MR) is 103 cm³/mol. The van der Waals surface area contributed by atoms with Gasteiger partial charge in [-0.3, -0.25) is 14.4 Å². The van der Waals surface area contributed by atoms with Gasteiger partial charge in [-0.2, -0.15) is 0 Å². The second-order valence-electron chi connectivity index (χ2n) is 6.28. The zero-order valence-corrected chi connectivity index (χ0v) is 15.5. The number of benzene rings is 2. The number of nitrogens with two attached hydrogens (primary N) is 1. The molecule has 2 rings (SSSR count). The van der Waals surface area contributed by atoms with E-state index in [4.69, 9.17) is 10.5 Å². The van der Waals surface area contributed by atoms with Crippen LogP contribution in [0.3, 0.4) is 0 Å². The van der Waals surface area contributed by atoms with Crippen molar-refractivity contribution in [2.45, 2.75) is 26.3 Å². The average molecular weight is 368 g/mol. The molecule has 0 spiro atoms. The standard InChI is InChI=1S/C21H24N2O4/c1-3-27-18(24)13-14(2)19(20(22)25)23-21(26)17-11-9-16(10-12-17)15-7-5-4-6-8-15/h4-12,14,19H,3,13H2,1-2H3,(H2,22,25)(H,23,26)/t14-,19-/m0/s1. The number of esters is 1. The Bertz CT molecular complexity index is 788. The van der Waals surface area contributed by atoms with Crippen molar-refractivity contribution in [2.24, 2.45) is 11.7 Å². The molecule has 0 aliphatic heterocycles. The van der Waals surface area contributed by atoms with Gasteiger partial charge < -0.3 is 15.8 Å². The lowest BCUT2D eigenvalue weighted by molar-refractivity contribution is -0.144. The molecule has 6 nitrogen and oxygen atoms in total. The molecule has 0 saturated carbocycles. The quantitative estimate of drug-likeness (QED) is 0.700. The van der Waals surface area contributed by atoms with Crippen molar-refractivity contribution in [1.29, 1.82) is 0 Å². The molecule has 3 N–H and O–H groups in total. The maximum absolute atomic E-state index is 12.5. The maximum Gasteiger partial charge on any atom is 0.306 e. The van der Waals surface area contributed by atoms with Crippen LogP contribution in [0.25, 0.3) is 11.1 Å². The first kappa shape index (κ1) is 20.2. The Balaban J connectivity index is 2.06. The Labute approximate surface area is 158 Å². The Morgan fingerprint density at radius 1 is 1.00 bits per heavy atom. The predicted octanol–water partition coefficient (Wildman–Crippen LogP) is 2.53. The van der Waals surface area contributed by atoms with Crippen LogP contribution in [0.4, 0.5) is 0 Å². The summed E-state index contributed by atoms with van der Waals surface area (Å²) >= 11 is 0. The number of nitrogens with one attached hydrogen (secondary N) is 1. The Hall–Kier alpha value is -3.15. The summed E-state index contributed by atoms with van der Waals surface area (Å²) in [4.78, 5) is 35.9. The van der Waals surface area contributed by atoms with E-state index < -0.39 is 29.7 Å². The van der Waals surface area contributed by atoms with Crippen molar-refractivity contribution in [1.82, 2.24) is 5.32 Å². The number of hydrogen-bond donors (Lipinski definition) is 2. The van der Waals surface area contributed by atoms with Gasteiger partial charge in [0.05, 0.1) is 13.0 Å². The molecule has 2 atom stereocenters. The topological polar surface area (TPSA) is 98.5 Å². The van der Waals surface area contributed by atoms with Crippen LogP contribution in [-0.2, 0) is 14.3 Å². The van der Waals surface area contributed by atoms with Crippen molar-refractivity contribution in [2.75, 3.05) is 6.61 Å². The van der Waals surface area contributed by atoms with E-state index in [1.165, 1.54) is 0 Å². The van der Waals surface area contributed by atoms with Gasteiger partial charge in [-0.25, -0.2) is 0 Å². The second-order valence-corrected chi connectivity index (χ2v) is 6.28. The first-order chi connectivity index (χ1) is 12.9. The largest absolute Gasteiger partial charge is 0.466 e. The monoisotopic (exact) mass is 368 g/mol. The molecule has 0 fully saturated rings. The Kier molecular flexibility index (Phi) is 7.11. The third-order valence-electron chi connectivity index (χ3n) is 4.21. The summed E-state index contributed by atoms with van der Waals surface area (Å²) in [6.07, 6.45) is -0.00529. The summed E-state index contributed by atoms with van der Waals surface area (Å²) in [5, 5.41) is 2.62. The molecule has 0 heterocycles. The van der Waals surface area contributed by atoms with E-state index in [0.29, 0.717) is 5.56 Å². The van der Waals surface area contributed by atoms with Crippen LogP contribution in [0.1, 0.15) is 30.6 Å². The second kappa shape index (κ2) is 9.52. The molecule has 0 aliphatic rings. The highest BCUT2D eigenvalue weighted by atomic mass is 16.5. The van der Waals surface area contributed by atoms with Crippen LogP contribution < -0.4 is 11.1 Å². The Morgan fingerprint density at radius 2 is 1.59 bits per heavy atom. The zero-order valence-electron chi connectivity index (χ0n) is 15.5. The third kappa shape index (κ3) is 5.67. The summed E-state index contributed by atoms with van der Waals surface area (Å²) in [5.74, 6) is -2.03. The first-order valence-electron chi connectivity index (χ1n) is 8.83. The minimum Gasteiger partial charge on any atom is -0.466 e. The highest BCUT2D eigenvalue weighted by molar-refractivity contribution is 5.97. The molecule has 2 aromatic rings. The fourth-order valence-corrected chi connectivity index (χ4v) is 2.76. The van der Waals surface area contributed by atoms with Gasteiger partial charge in [-0.05, 0) is 36.1 Å². The molecule has 6 heteroatoms. The fourth-order valence-electron chi connectivity index (χ4n) is 2.76. The molecule has 142 valence electrons. The molecule has 2 aromatic carbocycles. The lowest BCUT2D eigenvalue weighted by atomic mass is 9.97. The van der Waals surface area contributed by atoms with Crippen LogP contribution in [0.15, 0.2) is 54.6 Å². The summed E-state index contributed by atoms with van der Waals surface area (Å²) in [6.45, 7) is 3.63. The van der Waals surface area contributed by atoms with E-state index in [-0.39, 0.29) is 13.0 Å². The summed E-state index contributed by atoms with van der Waals surface area (Å²) < 4.78 is 4.88. The molecule has 0 bridgehead atoms. The number of ether oxygens (including phenoxy) is 1. The van der Waals surface area contributed by atoms with E-state index in [1.54, 1.807) is 26.0 Å². The number of carbonyl (C=O) groups is 3. The van der Waals surface area contributed by atoms with E-state index in [2.05, 4.69) is 5.32 Å². The highest BCUT2D eigenvalue weighted by Crippen LogP contribution is 2.19. The number of amides is 2. The normalized spacial score (nSPS) is 12.7. The molecule has 0 radical (unpaired) electrons. The maximum atomic E-state index is 12.5. The lowest BCUT2D eigenvalue weighted by Gasteiger charge is -2.21. The highest BCUT2D eigenvalue weighted by Gasteiger charge is 2.27. The summed E-state index contributed by atoms with van der Waals surface area (Å²) in [5.41, 5.74) is 7.84. The molecule has 27 heavy (non-hydrogen) atoms. The number of primary amides is 1. The smallest absolute Gasteiger partial charge is 0.306 e. The number of carbonyl (C=O) groups excluding carboxylic acids is 3. The summed E-state index contributed by atoms with van der Waals surface area (Å²) in [6, 6.07) is 15.9. The van der Waals surface area contributed by atoms with E-state index >= 15 is 0 Å². The molecule has 0 aromatic heterocycles. The minimum absolute atomic E-state index is 0.00529. The zero-order chi connectivity index (χ0) is 19.8.